The molecule has 0 saturated carbocycles. The van der Waals surface area contributed by atoms with Gasteiger partial charge in [0, 0.05) is 5.02 Å². The summed E-state index contributed by atoms with van der Waals surface area (Å²) in [6.07, 6.45) is -4.71. The van der Waals surface area contributed by atoms with Crippen LogP contribution in [-0.2, 0) is 26.2 Å². The molecule has 12 heteroatoms. The Morgan fingerprint density at radius 2 is 1.21 bits per heavy atom. The zero-order valence-corrected chi connectivity index (χ0v) is 19.1. The van der Waals surface area contributed by atoms with Crippen LogP contribution in [-0.4, -0.2) is 29.9 Å². The minimum absolute atomic E-state index is 0.0316. The molecule has 0 aliphatic carbocycles. The van der Waals surface area contributed by atoms with E-state index in [1.54, 1.807) is 6.07 Å². The lowest BCUT2D eigenvalue weighted by atomic mass is 10.2. The first-order chi connectivity index (χ1) is 15.4. The van der Waals surface area contributed by atoms with Crippen molar-refractivity contribution in [3.05, 3.63) is 83.4 Å². The Bertz CT molecular complexity index is 1410. The Hall–Kier alpha value is -2.76. The van der Waals surface area contributed by atoms with Gasteiger partial charge in [-0.25, -0.2) is 16.8 Å². The van der Waals surface area contributed by atoms with Crippen molar-refractivity contribution in [1.29, 1.82) is 0 Å². The van der Waals surface area contributed by atoms with Crippen LogP contribution in [0.15, 0.2) is 82.6 Å². The molecule has 0 amide bonds. The van der Waals surface area contributed by atoms with Gasteiger partial charge in [0.2, 0.25) is 0 Å². The maximum atomic E-state index is 13.3. The van der Waals surface area contributed by atoms with Gasteiger partial charge in [0.1, 0.15) is 0 Å². The summed E-state index contributed by atoms with van der Waals surface area (Å²) in [5.74, 6) is 0. The lowest BCUT2D eigenvalue weighted by molar-refractivity contribution is -0.137. The molecule has 0 unspecified atom stereocenters. The maximum absolute atomic E-state index is 13.3. The van der Waals surface area contributed by atoms with Crippen LogP contribution < -0.4 is 8.61 Å². The number of anilines is 2. The van der Waals surface area contributed by atoms with E-state index in [9.17, 15) is 30.0 Å². The molecule has 4 rings (SSSR count). The quantitative estimate of drug-likeness (QED) is 0.501. The molecule has 1 aliphatic rings. The average Bonchev–Trinajstić information content (AvgIpc) is 2.78. The molecule has 1 heterocycles. The predicted molar refractivity (Wildman–Crippen MR) is 118 cm³/mol. The average molecular weight is 517 g/mol. The highest BCUT2D eigenvalue weighted by Crippen LogP contribution is 2.40. The van der Waals surface area contributed by atoms with Crippen LogP contribution >= 0.6 is 11.6 Å². The number of fused-ring (bicyclic) bond motifs is 1. The van der Waals surface area contributed by atoms with Crippen LogP contribution in [0.25, 0.3) is 0 Å². The van der Waals surface area contributed by atoms with Crippen molar-refractivity contribution in [3.8, 4) is 0 Å². The highest BCUT2D eigenvalue weighted by atomic mass is 35.5. The van der Waals surface area contributed by atoms with Crippen molar-refractivity contribution in [2.24, 2.45) is 0 Å². The Morgan fingerprint density at radius 3 is 1.73 bits per heavy atom. The van der Waals surface area contributed by atoms with E-state index in [2.05, 4.69) is 0 Å². The highest BCUT2D eigenvalue weighted by Gasteiger charge is 2.38. The van der Waals surface area contributed by atoms with E-state index in [0.717, 1.165) is 26.8 Å². The molecule has 0 bridgehead atoms. The van der Waals surface area contributed by atoms with Gasteiger partial charge in [0.15, 0.2) is 0 Å². The second kappa shape index (κ2) is 8.23. The summed E-state index contributed by atoms with van der Waals surface area (Å²) in [6.45, 7) is -0.525. The molecule has 3 aromatic rings. The van der Waals surface area contributed by atoms with Crippen molar-refractivity contribution in [2.45, 2.75) is 16.0 Å². The molecule has 0 atom stereocenters. The Kier molecular flexibility index (Phi) is 5.83. The number of halogens is 4. The number of alkyl halides is 3. The first-order valence-electron chi connectivity index (χ1n) is 9.50. The molecule has 0 saturated heterocycles. The van der Waals surface area contributed by atoms with Gasteiger partial charge in [0.25, 0.3) is 20.0 Å². The number of benzene rings is 3. The van der Waals surface area contributed by atoms with Crippen molar-refractivity contribution in [2.75, 3.05) is 21.7 Å². The third kappa shape index (κ3) is 4.28. The van der Waals surface area contributed by atoms with Gasteiger partial charge in [-0.15, -0.1) is 0 Å². The molecule has 174 valence electrons. The van der Waals surface area contributed by atoms with Gasteiger partial charge in [0.05, 0.1) is 39.8 Å². The SMILES string of the molecule is O=S(=O)(c1ccc(Cl)cc1)N1CCN(S(=O)(=O)c2cccc(C(F)(F)F)c2)c2ccccc21. The van der Waals surface area contributed by atoms with Gasteiger partial charge in [-0.2, -0.15) is 13.2 Å². The summed E-state index contributed by atoms with van der Waals surface area (Å²) in [7, 11) is -8.45. The summed E-state index contributed by atoms with van der Waals surface area (Å²) in [4.78, 5) is -0.572. The third-order valence-corrected chi connectivity index (χ3v) is 8.96. The Morgan fingerprint density at radius 1 is 0.697 bits per heavy atom. The van der Waals surface area contributed by atoms with Gasteiger partial charge >= 0.3 is 6.18 Å². The fraction of sp³-hybridized carbons (Fsp3) is 0.143. The van der Waals surface area contributed by atoms with Crippen molar-refractivity contribution >= 4 is 43.0 Å². The lowest BCUT2D eigenvalue weighted by Gasteiger charge is -2.37. The molecule has 1 aliphatic heterocycles. The molecular formula is C21H16ClF3N2O4S2. The van der Waals surface area contributed by atoms with Crippen molar-refractivity contribution < 1.29 is 30.0 Å². The molecule has 6 nitrogen and oxygen atoms in total. The zero-order valence-electron chi connectivity index (χ0n) is 16.7. The smallest absolute Gasteiger partial charge is 0.262 e. The molecule has 0 radical (unpaired) electrons. The number of hydrogen-bond acceptors (Lipinski definition) is 4. The van der Waals surface area contributed by atoms with E-state index in [4.69, 9.17) is 11.6 Å². The minimum atomic E-state index is -4.71. The third-order valence-electron chi connectivity index (χ3n) is 5.08. The summed E-state index contributed by atoms with van der Waals surface area (Å²) in [6, 6.07) is 14.9. The van der Waals surface area contributed by atoms with Crippen LogP contribution in [0.3, 0.4) is 0 Å². The van der Waals surface area contributed by atoms with Crippen LogP contribution in [0.5, 0.6) is 0 Å². The predicted octanol–water partition coefficient (Wildman–Crippen LogP) is 4.76. The van der Waals surface area contributed by atoms with Crippen molar-refractivity contribution in [3.63, 3.8) is 0 Å². The van der Waals surface area contributed by atoms with Gasteiger partial charge in [-0.1, -0.05) is 29.8 Å². The van der Waals surface area contributed by atoms with E-state index >= 15 is 0 Å². The number of sulfonamides is 2. The van der Waals surface area contributed by atoms with Crippen LogP contribution in [0.1, 0.15) is 5.56 Å². The van der Waals surface area contributed by atoms with Crippen LogP contribution in [0, 0.1) is 0 Å². The number of nitrogens with zero attached hydrogens (tertiary/aromatic N) is 2. The van der Waals surface area contributed by atoms with Gasteiger partial charge < -0.3 is 0 Å². The molecule has 3 aromatic carbocycles. The van der Waals surface area contributed by atoms with E-state index in [-0.39, 0.29) is 29.4 Å². The molecule has 0 N–H and O–H groups in total. The summed E-state index contributed by atoms with van der Waals surface area (Å²) in [5, 5.41) is 0.353. The minimum Gasteiger partial charge on any atom is -0.262 e. The maximum Gasteiger partial charge on any atom is 0.416 e. The largest absolute Gasteiger partial charge is 0.416 e. The molecule has 0 fully saturated rings. The molecule has 0 spiro atoms. The second-order valence-corrected chi connectivity index (χ2v) is 11.3. The summed E-state index contributed by atoms with van der Waals surface area (Å²) in [5.41, 5.74) is -0.964. The van der Waals surface area contributed by atoms with E-state index in [1.807, 2.05) is 0 Å². The van der Waals surface area contributed by atoms with Gasteiger partial charge in [-0.05, 0) is 54.6 Å². The fourth-order valence-corrected chi connectivity index (χ4v) is 6.61. The topological polar surface area (TPSA) is 74.8 Å². The summed E-state index contributed by atoms with van der Waals surface area (Å²) >= 11 is 5.84. The van der Waals surface area contributed by atoms with E-state index in [0.29, 0.717) is 11.1 Å². The lowest BCUT2D eigenvalue weighted by Crippen LogP contribution is -2.46. The first-order valence-corrected chi connectivity index (χ1v) is 12.8. The number of para-hydroxylation sites is 2. The first kappa shape index (κ1) is 23.4. The van der Waals surface area contributed by atoms with Gasteiger partial charge in [-0.3, -0.25) is 8.61 Å². The summed E-state index contributed by atoms with van der Waals surface area (Å²) < 4.78 is 94.3. The Balaban J connectivity index is 1.78. The number of hydrogen-bond donors (Lipinski definition) is 0. The van der Waals surface area contributed by atoms with Crippen LogP contribution in [0.2, 0.25) is 5.02 Å². The molecule has 0 aromatic heterocycles. The zero-order chi connectivity index (χ0) is 24.0. The van der Waals surface area contributed by atoms with Crippen molar-refractivity contribution in [1.82, 2.24) is 0 Å². The highest BCUT2D eigenvalue weighted by molar-refractivity contribution is 7.93. The van der Waals surface area contributed by atoms with E-state index in [1.165, 1.54) is 42.5 Å². The van der Waals surface area contributed by atoms with E-state index < -0.39 is 36.7 Å². The van der Waals surface area contributed by atoms with Crippen LogP contribution in [0.4, 0.5) is 24.5 Å². The number of rotatable bonds is 4. The molecular weight excluding hydrogens is 501 g/mol. The second-order valence-electron chi connectivity index (χ2n) is 7.12. The monoisotopic (exact) mass is 516 g/mol. The fourth-order valence-electron chi connectivity index (χ4n) is 3.50. The normalized spacial score (nSPS) is 14.8. The Labute approximate surface area is 193 Å². The standard InChI is InChI=1S/C21H16ClF3N2O4S2/c22-16-8-10-17(11-9-16)32(28,29)26-12-13-27(20-7-2-1-6-19(20)26)33(30,31)18-5-3-4-15(14-18)21(23,24)25/h1-11,14H,12-13H2. The molecule has 33 heavy (non-hydrogen) atoms.